The number of carbonyl (C=O) groups excluding carboxylic acids is 2. The van der Waals surface area contributed by atoms with E-state index in [-0.39, 0.29) is 11.8 Å². The quantitative estimate of drug-likeness (QED) is 0.522. The van der Waals surface area contributed by atoms with Crippen LogP contribution in [-0.2, 0) is 14.3 Å². The smallest absolute Gasteiger partial charge is 0.242 e. The highest BCUT2D eigenvalue weighted by atomic mass is 16.5. The normalized spacial score (nSPS) is 18.1. The SMILES string of the molecule is COCCNC(=O)C(C)NC(=O)C(C)(C)N1CCNCC1. The average Bonchev–Trinajstić information content (AvgIpc) is 2.48. The van der Waals surface area contributed by atoms with E-state index in [0.29, 0.717) is 13.2 Å². The van der Waals surface area contributed by atoms with Crippen LogP contribution < -0.4 is 16.0 Å². The minimum atomic E-state index is -0.622. The van der Waals surface area contributed by atoms with E-state index < -0.39 is 11.6 Å². The molecule has 0 aromatic heterocycles. The minimum absolute atomic E-state index is 0.126. The number of rotatable bonds is 7. The molecule has 1 unspecified atom stereocenters. The van der Waals surface area contributed by atoms with Crippen LogP contribution in [0.3, 0.4) is 0 Å². The Hall–Kier alpha value is -1.18. The second-order valence-corrected chi connectivity index (χ2v) is 5.78. The van der Waals surface area contributed by atoms with Crippen LogP contribution in [0, 0.1) is 0 Å². The van der Waals surface area contributed by atoms with Crippen molar-refractivity contribution in [2.45, 2.75) is 32.4 Å². The summed E-state index contributed by atoms with van der Waals surface area (Å²) in [5.74, 6) is -0.324. The van der Waals surface area contributed by atoms with Crippen LogP contribution in [-0.4, -0.2) is 74.7 Å². The first-order valence-electron chi connectivity index (χ1n) is 7.43. The number of nitrogens with zero attached hydrogens (tertiary/aromatic N) is 1. The second kappa shape index (κ2) is 8.31. The Labute approximate surface area is 126 Å². The molecule has 2 amide bonds. The molecule has 21 heavy (non-hydrogen) atoms. The number of methoxy groups -OCH3 is 1. The molecule has 1 aliphatic heterocycles. The number of piperazine rings is 1. The summed E-state index contributed by atoms with van der Waals surface area (Å²) in [5, 5.41) is 8.77. The average molecular weight is 300 g/mol. The first kappa shape index (κ1) is 17.9. The van der Waals surface area contributed by atoms with Crippen molar-refractivity contribution in [2.75, 3.05) is 46.4 Å². The lowest BCUT2D eigenvalue weighted by atomic mass is 10.00. The predicted octanol–water partition coefficient (Wildman–Crippen LogP) is -1.06. The summed E-state index contributed by atoms with van der Waals surface area (Å²) in [6.45, 7) is 9.78. The van der Waals surface area contributed by atoms with Gasteiger partial charge in [0, 0.05) is 39.8 Å². The van der Waals surface area contributed by atoms with Crippen LogP contribution >= 0.6 is 0 Å². The summed E-state index contributed by atoms with van der Waals surface area (Å²) >= 11 is 0. The Kier molecular flexibility index (Phi) is 7.07. The maximum Gasteiger partial charge on any atom is 0.242 e. The molecule has 1 heterocycles. The Morgan fingerprint density at radius 1 is 1.33 bits per heavy atom. The summed E-state index contributed by atoms with van der Waals surface area (Å²) in [6, 6.07) is -0.559. The number of amides is 2. The fourth-order valence-corrected chi connectivity index (χ4v) is 2.24. The fraction of sp³-hybridized carbons (Fsp3) is 0.857. The third kappa shape index (κ3) is 5.26. The standard InChI is InChI=1S/C14H28N4O3/c1-11(12(19)16-7-10-21-4)17-13(20)14(2,3)18-8-5-15-6-9-18/h11,15H,5-10H2,1-4H3,(H,16,19)(H,17,20). The molecule has 0 bridgehead atoms. The maximum atomic E-state index is 12.4. The van der Waals surface area contributed by atoms with Crippen LogP contribution in [0.2, 0.25) is 0 Å². The Balaban J connectivity index is 2.48. The molecule has 0 aromatic rings. The highest BCUT2D eigenvalue weighted by molar-refractivity contribution is 5.91. The molecule has 1 rings (SSSR count). The van der Waals surface area contributed by atoms with E-state index in [4.69, 9.17) is 4.74 Å². The van der Waals surface area contributed by atoms with Gasteiger partial charge in [-0.15, -0.1) is 0 Å². The third-order valence-electron chi connectivity index (χ3n) is 3.81. The van der Waals surface area contributed by atoms with Gasteiger partial charge in [0.15, 0.2) is 0 Å². The Morgan fingerprint density at radius 3 is 2.52 bits per heavy atom. The fourth-order valence-electron chi connectivity index (χ4n) is 2.24. The molecule has 1 atom stereocenters. The maximum absolute atomic E-state index is 12.4. The van der Waals surface area contributed by atoms with E-state index in [1.54, 1.807) is 14.0 Å². The van der Waals surface area contributed by atoms with Crippen LogP contribution in [0.15, 0.2) is 0 Å². The zero-order valence-electron chi connectivity index (χ0n) is 13.5. The van der Waals surface area contributed by atoms with Gasteiger partial charge in [-0.1, -0.05) is 0 Å². The molecular weight excluding hydrogens is 272 g/mol. The van der Waals surface area contributed by atoms with E-state index in [2.05, 4.69) is 20.9 Å². The number of ether oxygens (including phenoxy) is 1. The summed E-state index contributed by atoms with van der Waals surface area (Å²) in [4.78, 5) is 26.4. The van der Waals surface area contributed by atoms with Crippen molar-refractivity contribution in [2.24, 2.45) is 0 Å². The van der Waals surface area contributed by atoms with E-state index in [0.717, 1.165) is 26.2 Å². The van der Waals surface area contributed by atoms with E-state index >= 15 is 0 Å². The van der Waals surface area contributed by atoms with Gasteiger partial charge < -0.3 is 20.7 Å². The Morgan fingerprint density at radius 2 is 1.95 bits per heavy atom. The first-order chi connectivity index (χ1) is 9.89. The van der Waals surface area contributed by atoms with Crippen molar-refractivity contribution in [1.29, 1.82) is 0 Å². The number of carbonyl (C=O) groups is 2. The summed E-state index contributed by atoms with van der Waals surface area (Å²) < 4.78 is 4.87. The molecule has 0 saturated carbocycles. The third-order valence-corrected chi connectivity index (χ3v) is 3.81. The van der Waals surface area contributed by atoms with Gasteiger partial charge in [-0.3, -0.25) is 14.5 Å². The van der Waals surface area contributed by atoms with Crippen molar-refractivity contribution >= 4 is 11.8 Å². The monoisotopic (exact) mass is 300 g/mol. The molecule has 0 spiro atoms. The van der Waals surface area contributed by atoms with Crippen LogP contribution in [0.5, 0.6) is 0 Å². The number of hydrogen-bond donors (Lipinski definition) is 3. The molecule has 3 N–H and O–H groups in total. The van der Waals surface area contributed by atoms with Gasteiger partial charge in [0.25, 0.3) is 0 Å². The van der Waals surface area contributed by atoms with Crippen LogP contribution in [0.4, 0.5) is 0 Å². The minimum Gasteiger partial charge on any atom is -0.383 e. The van der Waals surface area contributed by atoms with Gasteiger partial charge in [-0.25, -0.2) is 0 Å². The van der Waals surface area contributed by atoms with Crippen molar-refractivity contribution < 1.29 is 14.3 Å². The van der Waals surface area contributed by atoms with Gasteiger partial charge in [0.1, 0.15) is 6.04 Å². The number of nitrogens with one attached hydrogen (secondary N) is 3. The Bertz CT molecular complexity index is 354. The van der Waals surface area contributed by atoms with Crippen molar-refractivity contribution in [1.82, 2.24) is 20.9 Å². The summed E-state index contributed by atoms with van der Waals surface area (Å²) in [7, 11) is 1.58. The summed E-state index contributed by atoms with van der Waals surface area (Å²) in [6.07, 6.45) is 0. The summed E-state index contributed by atoms with van der Waals surface area (Å²) in [5.41, 5.74) is -0.622. The topological polar surface area (TPSA) is 82.7 Å². The number of hydrogen-bond acceptors (Lipinski definition) is 5. The highest BCUT2D eigenvalue weighted by Gasteiger charge is 2.36. The molecule has 1 saturated heterocycles. The molecule has 1 fully saturated rings. The lowest BCUT2D eigenvalue weighted by Gasteiger charge is -2.40. The van der Waals surface area contributed by atoms with E-state index in [1.807, 2.05) is 13.8 Å². The molecule has 7 heteroatoms. The zero-order valence-corrected chi connectivity index (χ0v) is 13.5. The first-order valence-corrected chi connectivity index (χ1v) is 7.43. The lowest BCUT2D eigenvalue weighted by Crippen LogP contribution is -2.62. The molecule has 0 radical (unpaired) electrons. The van der Waals surface area contributed by atoms with Crippen LogP contribution in [0.25, 0.3) is 0 Å². The van der Waals surface area contributed by atoms with Crippen molar-refractivity contribution in [3.05, 3.63) is 0 Å². The van der Waals surface area contributed by atoms with Crippen molar-refractivity contribution in [3.8, 4) is 0 Å². The molecular formula is C14H28N4O3. The van der Waals surface area contributed by atoms with Gasteiger partial charge in [-0.2, -0.15) is 0 Å². The molecule has 0 aromatic carbocycles. The molecule has 122 valence electrons. The molecule has 7 nitrogen and oxygen atoms in total. The molecule has 1 aliphatic rings. The predicted molar refractivity (Wildman–Crippen MR) is 81.0 cm³/mol. The van der Waals surface area contributed by atoms with Crippen LogP contribution in [0.1, 0.15) is 20.8 Å². The van der Waals surface area contributed by atoms with Gasteiger partial charge >= 0.3 is 0 Å². The van der Waals surface area contributed by atoms with Gasteiger partial charge in [-0.05, 0) is 20.8 Å². The van der Waals surface area contributed by atoms with Crippen molar-refractivity contribution in [3.63, 3.8) is 0 Å². The largest absolute Gasteiger partial charge is 0.383 e. The second-order valence-electron chi connectivity index (χ2n) is 5.78. The zero-order chi connectivity index (χ0) is 15.9. The van der Waals surface area contributed by atoms with Gasteiger partial charge in [0.05, 0.1) is 12.1 Å². The molecule has 0 aliphatic carbocycles. The van der Waals surface area contributed by atoms with E-state index in [9.17, 15) is 9.59 Å². The lowest BCUT2D eigenvalue weighted by molar-refractivity contribution is -0.135. The highest BCUT2D eigenvalue weighted by Crippen LogP contribution is 2.15. The van der Waals surface area contributed by atoms with E-state index in [1.165, 1.54) is 0 Å². The van der Waals surface area contributed by atoms with Gasteiger partial charge in [0.2, 0.25) is 11.8 Å².